The van der Waals surface area contributed by atoms with Gasteiger partial charge in [0.15, 0.2) is 0 Å². The fourth-order valence-electron chi connectivity index (χ4n) is 4.17. The number of fused-ring (bicyclic) bond motifs is 1. The molecule has 1 fully saturated rings. The van der Waals surface area contributed by atoms with E-state index >= 15 is 0 Å². The molecule has 1 aliphatic heterocycles. The lowest BCUT2D eigenvalue weighted by Gasteiger charge is -2.38. The molecule has 2 N–H and O–H groups in total. The molecule has 1 saturated heterocycles. The lowest BCUT2D eigenvalue weighted by atomic mass is 9.90. The highest BCUT2D eigenvalue weighted by atomic mass is 32.1. The number of amides is 3. The number of carbonyl (C=O) groups is 3. The number of anilines is 2. The molecule has 4 rings (SSSR count). The topological polar surface area (TPSA) is 126 Å². The van der Waals surface area contributed by atoms with Crippen LogP contribution in [0.15, 0.2) is 30.0 Å². The minimum absolute atomic E-state index is 0.252. The molecule has 0 spiro atoms. The fraction of sp³-hybridized carbons (Fsp3) is 0.440. The zero-order valence-electron chi connectivity index (χ0n) is 21.0. The second-order valence-corrected chi connectivity index (χ2v) is 10.9. The van der Waals surface area contributed by atoms with E-state index in [9.17, 15) is 14.4 Å². The van der Waals surface area contributed by atoms with Crippen LogP contribution >= 0.6 is 11.3 Å². The minimum atomic E-state index is -0.745. The summed E-state index contributed by atoms with van der Waals surface area (Å²) in [5.74, 6) is -0.774. The van der Waals surface area contributed by atoms with Crippen molar-refractivity contribution in [1.82, 2.24) is 19.9 Å². The fourth-order valence-corrected chi connectivity index (χ4v) is 4.78. The Labute approximate surface area is 213 Å². The number of hydrogen-bond acceptors (Lipinski definition) is 8. The zero-order chi connectivity index (χ0) is 26.0. The first-order valence-electron chi connectivity index (χ1n) is 11.8. The van der Waals surface area contributed by atoms with Crippen LogP contribution in [0.2, 0.25) is 0 Å². The van der Waals surface area contributed by atoms with Crippen molar-refractivity contribution in [3.8, 4) is 0 Å². The van der Waals surface area contributed by atoms with Crippen LogP contribution in [0.5, 0.6) is 0 Å². The Balaban J connectivity index is 1.46. The SMILES string of the molecule is Cc1cc(NC(=O)C(=O)N2C[C@H](C)CC[C@H]2c2cnc3scnc3c2)cnc1NC(=O)OC(C)(C)C. The summed E-state index contributed by atoms with van der Waals surface area (Å²) in [6.07, 6.45) is 4.22. The Morgan fingerprint density at radius 3 is 2.58 bits per heavy atom. The van der Waals surface area contributed by atoms with E-state index in [1.165, 1.54) is 17.5 Å². The van der Waals surface area contributed by atoms with E-state index in [0.29, 0.717) is 23.6 Å². The zero-order valence-corrected chi connectivity index (χ0v) is 21.8. The van der Waals surface area contributed by atoms with E-state index < -0.39 is 23.5 Å². The van der Waals surface area contributed by atoms with Crippen LogP contribution in [0.3, 0.4) is 0 Å². The summed E-state index contributed by atoms with van der Waals surface area (Å²) in [7, 11) is 0. The van der Waals surface area contributed by atoms with Crippen molar-refractivity contribution < 1.29 is 19.1 Å². The van der Waals surface area contributed by atoms with Gasteiger partial charge in [-0.1, -0.05) is 6.92 Å². The third-order valence-corrected chi connectivity index (χ3v) is 6.57. The number of hydrogen-bond donors (Lipinski definition) is 2. The van der Waals surface area contributed by atoms with Crippen LogP contribution in [-0.2, 0) is 14.3 Å². The molecule has 1 aliphatic rings. The number of pyridine rings is 2. The van der Waals surface area contributed by atoms with Gasteiger partial charge in [0, 0.05) is 12.7 Å². The van der Waals surface area contributed by atoms with Gasteiger partial charge in [-0.05, 0) is 69.7 Å². The standard InChI is InChI=1S/C25H30N6O4S/c1-14-6-7-19(16-9-18-22(27-10-16)36-13-28-18)31(12-14)23(33)21(32)29-17-8-15(2)20(26-11-17)30-24(34)35-25(3,4)5/h8-11,13-14,19H,6-7,12H2,1-5H3,(H,29,32)(H,26,30,34)/t14-,19+/m1/s1. The Kier molecular flexibility index (Phi) is 7.21. The van der Waals surface area contributed by atoms with Crippen molar-refractivity contribution in [3.05, 3.63) is 41.2 Å². The van der Waals surface area contributed by atoms with Gasteiger partial charge in [0.25, 0.3) is 0 Å². The Hall–Kier alpha value is -3.60. The highest BCUT2D eigenvalue weighted by Gasteiger charge is 2.34. The van der Waals surface area contributed by atoms with Crippen LogP contribution in [0.4, 0.5) is 16.3 Å². The average Bonchev–Trinajstić information content (AvgIpc) is 3.27. The van der Waals surface area contributed by atoms with Gasteiger partial charge in [0.1, 0.15) is 21.8 Å². The number of aromatic nitrogens is 3. The molecule has 4 heterocycles. The Bertz CT molecular complexity index is 1300. The quantitative estimate of drug-likeness (QED) is 0.490. The first-order valence-corrected chi connectivity index (χ1v) is 12.7. The van der Waals surface area contributed by atoms with Crippen molar-refractivity contribution in [2.75, 3.05) is 17.2 Å². The van der Waals surface area contributed by atoms with Gasteiger partial charge < -0.3 is 15.0 Å². The molecule has 0 bridgehead atoms. The summed E-state index contributed by atoms with van der Waals surface area (Å²) < 4.78 is 5.25. The number of thiazole rings is 1. The molecule has 0 saturated carbocycles. The predicted octanol–water partition coefficient (Wildman–Crippen LogP) is 4.68. The predicted molar refractivity (Wildman–Crippen MR) is 138 cm³/mol. The van der Waals surface area contributed by atoms with Gasteiger partial charge in [-0.15, -0.1) is 11.3 Å². The largest absolute Gasteiger partial charge is 0.444 e. The molecule has 10 nitrogen and oxygen atoms in total. The van der Waals surface area contributed by atoms with Crippen molar-refractivity contribution >= 4 is 51.1 Å². The Morgan fingerprint density at radius 2 is 1.86 bits per heavy atom. The summed E-state index contributed by atoms with van der Waals surface area (Å²) in [5.41, 5.74) is 3.72. The molecule has 0 unspecified atom stereocenters. The Morgan fingerprint density at radius 1 is 1.08 bits per heavy atom. The number of piperidine rings is 1. The smallest absolute Gasteiger partial charge is 0.413 e. The molecular formula is C25H30N6O4S. The maximum Gasteiger partial charge on any atom is 0.413 e. The van der Waals surface area contributed by atoms with E-state index in [1.54, 1.807) is 50.4 Å². The number of nitrogens with zero attached hydrogens (tertiary/aromatic N) is 4. The molecule has 0 aliphatic carbocycles. The summed E-state index contributed by atoms with van der Waals surface area (Å²) in [4.78, 5) is 53.7. The van der Waals surface area contributed by atoms with Crippen LogP contribution in [0, 0.1) is 12.8 Å². The van der Waals surface area contributed by atoms with Crippen LogP contribution in [0.25, 0.3) is 10.3 Å². The van der Waals surface area contributed by atoms with E-state index in [0.717, 1.165) is 28.8 Å². The number of ether oxygens (including phenoxy) is 1. The molecule has 0 radical (unpaired) electrons. The van der Waals surface area contributed by atoms with Crippen molar-refractivity contribution in [3.63, 3.8) is 0 Å². The lowest BCUT2D eigenvalue weighted by molar-refractivity contribution is -0.146. The number of aryl methyl sites for hydroxylation is 1. The van der Waals surface area contributed by atoms with E-state index in [1.807, 2.05) is 6.07 Å². The van der Waals surface area contributed by atoms with Gasteiger partial charge in [-0.3, -0.25) is 14.9 Å². The van der Waals surface area contributed by atoms with Crippen molar-refractivity contribution in [2.24, 2.45) is 5.92 Å². The van der Waals surface area contributed by atoms with Crippen molar-refractivity contribution in [1.29, 1.82) is 0 Å². The van der Waals surface area contributed by atoms with Gasteiger partial charge in [0.05, 0.1) is 23.4 Å². The molecule has 36 heavy (non-hydrogen) atoms. The van der Waals surface area contributed by atoms with E-state index in [4.69, 9.17) is 4.74 Å². The molecule has 3 amide bonds. The van der Waals surface area contributed by atoms with Crippen LogP contribution in [0.1, 0.15) is 57.7 Å². The lowest BCUT2D eigenvalue weighted by Crippen LogP contribution is -2.46. The first-order chi connectivity index (χ1) is 17.0. The van der Waals surface area contributed by atoms with E-state index in [-0.39, 0.29) is 12.0 Å². The monoisotopic (exact) mass is 510 g/mol. The van der Waals surface area contributed by atoms with E-state index in [2.05, 4.69) is 32.5 Å². The number of rotatable bonds is 3. The third kappa shape index (κ3) is 5.96. The normalized spacial score (nSPS) is 18.1. The summed E-state index contributed by atoms with van der Waals surface area (Å²) in [6.45, 7) is 9.58. The maximum absolute atomic E-state index is 13.3. The second kappa shape index (κ2) is 10.2. The molecule has 2 atom stereocenters. The number of carbonyl (C=O) groups excluding carboxylic acids is 3. The van der Waals surface area contributed by atoms with Crippen molar-refractivity contribution in [2.45, 2.75) is 59.1 Å². The molecular weight excluding hydrogens is 480 g/mol. The molecule has 3 aromatic rings. The van der Waals surface area contributed by atoms with Gasteiger partial charge >= 0.3 is 17.9 Å². The molecule has 190 valence electrons. The van der Waals surface area contributed by atoms with Gasteiger partial charge in [0.2, 0.25) is 0 Å². The first kappa shape index (κ1) is 25.5. The van der Waals surface area contributed by atoms with Crippen LogP contribution < -0.4 is 10.6 Å². The highest BCUT2D eigenvalue weighted by Crippen LogP contribution is 2.34. The third-order valence-electron chi connectivity index (χ3n) is 5.82. The molecule has 11 heteroatoms. The average molecular weight is 511 g/mol. The van der Waals surface area contributed by atoms with Crippen LogP contribution in [-0.4, -0.2) is 49.9 Å². The van der Waals surface area contributed by atoms with Gasteiger partial charge in [-0.25, -0.2) is 19.7 Å². The number of likely N-dealkylation sites (tertiary alicyclic amines) is 1. The summed E-state index contributed by atoms with van der Waals surface area (Å²) >= 11 is 1.46. The van der Waals surface area contributed by atoms with Gasteiger partial charge in [-0.2, -0.15) is 0 Å². The maximum atomic E-state index is 13.3. The molecule has 0 aromatic carbocycles. The molecule has 3 aromatic heterocycles. The second-order valence-electron chi connectivity index (χ2n) is 10.1. The summed E-state index contributed by atoms with van der Waals surface area (Å²) in [6, 6.07) is 3.33. The number of nitrogens with one attached hydrogen (secondary N) is 2. The minimum Gasteiger partial charge on any atom is -0.444 e. The summed E-state index contributed by atoms with van der Waals surface area (Å²) in [5, 5.41) is 5.24. The highest BCUT2D eigenvalue weighted by molar-refractivity contribution is 7.16.